The molecule has 1 aromatic rings. The van der Waals surface area contributed by atoms with Gasteiger partial charge in [0.25, 0.3) is 0 Å². The maximum Gasteiger partial charge on any atom is 0.0531 e. The maximum atomic E-state index is 2.56. The molecule has 2 rings (SSSR count). The molecule has 0 amide bonds. The first-order valence-electron chi connectivity index (χ1n) is 5.18. The number of rotatable bonds is 4. The van der Waals surface area contributed by atoms with Gasteiger partial charge in [-0.15, -0.1) is 11.3 Å². The predicted molar refractivity (Wildman–Crippen MR) is 59.5 cm³/mol. The van der Waals surface area contributed by atoms with Gasteiger partial charge in [0.05, 0.1) is 5.69 Å². The molecular weight excluding hydrogens is 178 g/mol. The van der Waals surface area contributed by atoms with Gasteiger partial charge in [-0.25, -0.2) is 0 Å². The molecule has 1 atom stereocenters. The predicted octanol–water partition coefficient (Wildman–Crippen LogP) is 3.65. The summed E-state index contributed by atoms with van der Waals surface area (Å²) in [5, 5.41) is 4.57. The average Bonchev–Trinajstić information content (AvgIpc) is 2.46. The van der Waals surface area contributed by atoms with Crippen molar-refractivity contribution in [2.75, 3.05) is 4.90 Å². The zero-order chi connectivity index (χ0) is 9.26. The molecule has 72 valence electrons. The molecular formula is C11H17NS. The highest BCUT2D eigenvalue weighted by molar-refractivity contribution is 7.08. The van der Waals surface area contributed by atoms with E-state index in [4.69, 9.17) is 0 Å². The van der Waals surface area contributed by atoms with Gasteiger partial charge in [-0.1, -0.05) is 20.3 Å². The molecule has 2 heterocycles. The highest BCUT2D eigenvalue weighted by atomic mass is 32.1. The van der Waals surface area contributed by atoms with E-state index < -0.39 is 0 Å². The molecule has 2 heteroatoms. The SMILES string of the molecule is CCCC(CC)N1Cc2cscc21. The normalized spacial score (nSPS) is 16.6. The number of hydrogen-bond acceptors (Lipinski definition) is 2. The maximum absolute atomic E-state index is 2.56. The Morgan fingerprint density at radius 2 is 2.31 bits per heavy atom. The van der Waals surface area contributed by atoms with Crippen LogP contribution in [0.5, 0.6) is 0 Å². The standard InChI is InChI=1S/C11H17NS/c1-3-5-10(4-2)12-6-9-7-13-8-11(9)12/h7-8,10H,3-6H2,1-2H3. The van der Waals surface area contributed by atoms with Gasteiger partial charge < -0.3 is 4.90 Å². The van der Waals surface area contributed by atoms with Crippen molar-refractivity contribution in [3.63, 3.8) is 0 Å². The van der Waals surface area contributed by atoms with Crippen molar-refractivity contribution < 1.29 is 0 Å². The molecule has 0 fully saturated rings. The van der Waals surface area contributed by atoms with Crippen molar-refractivity contribution in [2.45, 2.75) is 45.7 Å². The third-order valence-corrected chi connectivity index (χ3v) is 3.68. The first kappa shape index (κ1) is 9.07. The first-order valence-corrected chi connectivity index (χ1v) is 6.12. The molecule has 0 aliphatic carbocycles. The second kappa shape index (κ2) is 3.70. The Kier molecular flexibility index (Phi) is 2.58. The van der Waals surface area contributed by atoms with E-state index in [9.17, 15) is 0 Å². The van der Waals surface area contributed by atoms with Crippen molar-refractivity contribution in [1.82, 2.24) is 0 Å². The lowest BCUT2D eigenvalue weighted by Gasteiger charge is -2.40. The van der Waals surface area contributed by atoms with Crippen LogP contribution in [0.2, 0.25) is 0 Å². The van der Waals surface area contributed by atoms with E-state index in [0.29, 0.717) is 0 Å². The second-order valence-corrected chi connectivity index (χ2v) is 4.50. The summed E-state index contributed by atoms with van der Waals surface area (Å²) in [4.78, 5) is 2.56. The minimum Gasteiger partial charge on any atom is -0.363 e. The molecule has 0 bridgehead atoms. The zero-order valence-corrected chi connectivity index (χ0v) is 9.23. The minimum atomic E-state index is 0.784. The van der Waals surface area contributed by atoms with Gasteiger partial charge in [0.1, 0.15) is 0 Å². The fourth-order valence-electron chi connectivity index (χ4n) is 2.10. The number of thiophene rings is 1. The summed E-state index contributed by atoms with van der Waals surface area (Å²) in [6, 6.07) is 0.784. The number of nitrogens with zero attached hydrogens (tertiary/aromatic N) is 1. The average molecular weight is 195 g/mol. The molecule has 0 N–H and O–H groups in total. The van der Waals surface area contributed by atoms with Crippen LogP contribution < -0.4 is 4.90 Å². The van der Waals surface area contributed by atoms with Crippen LogP contribution in [0, 0.1) is 0 Å². The van der Waals surface area contributed by atoms with Crippen molar-refractivity contribution >= 4 is 17.0 Å². The van der Waals surface area contributed by atoms with Gasteiger partial charge in [0, 0.05) is 23.5 Å². The molecule has 1 aliphatic rings. The molecule has 13 heavy (non-hydrogen) atoms. The van der Waals surface area contributed by atoms with Crippen LogP contribution in [-0.2, 0) is 6.54 Å². The van der Waals surface area contributed by atoms with Crippen LogP contribution in [0.15, 0.2) is 10.8 Å². The van der Waals surface area contributed by atoms with Gasteiger partial charge in [-0.2, -0.15) is 0 Å². The third kappa shape index (κ3) is 1.48. The summed E-state index contributed by atoms with van der Waals surface area (Å²) in [5.41, 5.74) is 3.06. The Hall–Kier alpha value is -0.500. The van der Waals surface area contributed by atoms with Gasteiger partial charge in [-0.05, 0) is 18.2 Å². The fraction of sp³-hybridized carbons (Fsp3) is 0.636. The monoisotopic (exact) mass is 195 g/mol. The molecule has 1 aliphatic heterocycles. The summed E-state index contributed by atoms with van der Waals surface area (Å²) >= 11 is 1.84. The van der Waals surface area contributed by atoms with E-state index >= 15 is 0 Å². The highest BCUT2D eigenvalue weighted by Crippen LogP contribution is 2.38. The van der Waals surface area contributed by atoms with Gasteiger partial charge in [-0.3, -0.25) is 0 Å². The molecule has 1 aromatic heterocycles. The van der Waals surface area contributed by atoms with Gasteiger partial charge in [0.15, 0.2) is 0 Å². The minimum absolute atomic E-state index is 0.784. The van der Waals surface area contributed by atoms with Crippen molar-refractivity contribution in [3.8, 4) is 0 Å². The molecule has 1 unspecified atom stereocenters. The van der Waals surface area contributed by atoms with E-state index in [1.54, 1.807) is 5.56 Å². The van der Waals surface area contributed by atoms with Crippen molar-refractivity contribution in [2.24, 2.45) is 0 Å². The fourth-order valence-corrected chi connectivity index (χ4v) is 2.95. The van der Waals surface area contributed by atoms with E-state index in [1.807, 2.05) is 11.3 Å². The zero-order valence-electron chi connectivity index (χ0n) is 8.42. The lowest BCUT2D eigenvalue weighted by atomic mass is 10.0. The summed E-state index contributed by atoms with van der Waals surface area (Å²) in [5.74, 6) is 0. The van der Waals surface area contributed by atoms with Crippen LogP contribution in [0.4, 0.5) is 5.69 Å². The Balaban J connectivity index is 2.04. The molecule has 1 nitrogen and oxygen atoms in total. The smallest absolute Gasteiger partial charge is 0.0531 e. The van der Waals surface area contributed by atoms with E-state index in [0.717, 1.165) is 6.04 Å². The second-order valence-electron chi connectivity index (χ2n) is 3.76. The van der Waals surface area contributed by atoms with Crippen LogP contribution in [0.1, 0.15) is 38.7 Å². The van der Waals surface area contributed by atoms with Crippen molar-refractivity contribution in [1.29, 1.82) is 0 Å². The molecule has 0 spiro atoms. The topological polar surface area (TPSA) is 3.24 Å². The summed E-state index contributed by atoms with van der Waals surface area (Å²) in [6.45, 7) is 5.76. The largest absolute Gasteiger partial charge is 0.363 e. The van der Waals surface area contributed by atoms with Crippen LogP contribution in [-0.4, -0.2) is 6.04 Å². The van der Waals surface area contributed by atoms with Crippen LogP contribution in [0.25, 0.3) is 0 Å². The van der Waals surface area contributed by atoms with Crippen LogP contribution >= 0.6 is 11.3 Å². The quantitative estimate of drug-likeness (QED) is 0.709. The Morgan fingerprint density at radius 1 is 1.46 bits per heavy atom. The molecule has 0 saturated carbocycles. The number of anilines is 1. The van der Waals surface area contributed by atoms with E-state index in [1.165, 1.54) is 31.5 Å². The molecule has 0 radical (unpaired) electrons. The lowest BCUT2D eigenvalue weighted by molar-refractivity contribution is 0.506. The van der Waals surface area contributed by atoms with Crippen LogP contribution in [0.3, 0.4) is 0 Å². The molecule has 0 saturated heterocycles. The number of fused-ring (bicyclic) bond motifs is 1. The Labute approximate surface area is 84.4 Å². The van der Waals surface area contributed by atoms with E-state index in [2.05, 4.69) is 29.5 Å². The highest BCUT2D eigenvalue weighted by Gasteiger charge is 2.28. The van der Waals surface area contributed by atoms with Gasteiger partial charge >= 0.3 is 0 Å². The Morgan fingerprint density at radius 3 is 2.92 bits per heavy atom. The Bertz CT molecular complexity index is 279. The third-order valence-electron chi connectivity index (χ3n) is 2.90. The summed E-state index contributed by atoms with van der Waals surface area (Å²) < 4.78 is 0. The van der Waals surface area contributed by atoms with E-state index in [-0.39, 0.29) is 0 Å². The van der Waals surface area contributed by atoms with Crippen molar-refractivity contribution in [3.05, 3.63) is 16.3 Å². The lowest BCUT2D eigenvalue weighted by Crippen LogP contribution is -2.40. The van der Waals surface area contributed by atoms with Gasteiger partial charge in [0.2, 0.25) is 0 Å². The number of hydrogen-bond donors (Lipinski definition) is 0. The first-order chi connectivity index (χ1) is 6.36. The summed E-state index contributed by atoms with van der Waals surface area (Å²) in [6.07, 6.45) is 3.92. The summed E-state index contributed by atoms with van der Waals surface area (Å²) in [7, 11) is 0. The molecule has 0 aromatic carbocycles.